The predicted octanol–water partition coefficient (Wildman–Crippen LogP) is 2.25. The molecule has 1 atom stereocenters. The normalized spacial score (nSPS) is 20.2. The van der Waals surface area contributed by atoms with Gasteiger partial charge in [-0.3, -0.25) is 0 Å². The molecule has 1 heterocycles. The van der Waals surface area contributed by atoms with Crippen LogP contribution in [-0.2, 0) is 4.74 Å². The van der Waals surface area contributed by atoms with Crippen LogP contribution in [0.25, 0.3) is 0 Å². The summed E-state index contributed by atoms with van der Waals surface area (Å²) in [7, 11) is 0. The van der Waals surface area contributed by atoms with Crippen LogP contribution >= 0.6 is 12.6 Å². The molecule has 1 N–H and O–H groups in total. The zero-order chi connectivity index (χ0) is 13.1. The molecule has 0 aromatic carbocycles. The number of likely N-dealkylation sites (tertiary alicyclic amines) is 1. The standard InChI is InChI=1S/C12H24N2O2S/c1-9(17)13-10-5-7-14(8-6-10)11(15)16-12(2,3)4/h9-10,13,17H,5-8H2,1-4H3. The third-order valence-corrected chi connectivity index (χ3v) is 2.77. The summed E-state index contributed by atoms with van der Waals surface area (Å²) in [5.74, 6) is 0. The van der Waals surface area contributed by atoms with E-state index in [0.29, 0.717) is 6.04 Å². The van der Waals surface area contributed by atoms with Gasteiger partial charge in [0.25, 0.3) is 0 Å². The van der Waals surface area contributed by atoms with Crippen molar-refractivity contribution < 1.29 is 9.53 Å². The fourth-order valence-electron chi connectivity index (χ4n) is 1.90. The second-order valence-corrected chi connectivity index (χ2v) is 6.36. The second-order valence-electron chi connectivity index (χ2n) is 5.58. The Hall–Kier alpha value is -0.420. The van der Waals surface area contributed by atoms with E-state index in [1.165, 1.54) is 0 Å². The van der Waals surface area contributed by atoms with Gasteiger partial charge in [0.1, 0.15) is 5.60 Å². The smallest absolute Gasteiger partial charge is 0.410 e. The summed E-state index contributed by atoms with van der Waals surface area (Å²) in [5.41, 5.74) is -0.411. The molecule has 0 spiro atoms. The summed E-state index contributed by atoms with van der Waals surface area (Å²) in [6, 6.07) is 0.459. The minimum atomic E-state index is -0.411. The van der Waals surface area contributed by atoms with Gasteiger partial charge in [-0.25, -0.2) is 4.79 Å². The van der Waals surface area contributed by atoms with E-state index in [2.05, 4.69) is 17.9 Å². The van der Waals surface area contributed by atoms with Crippen LogP contribution in [0, 0.1) is 0 Å². The summed E-state index contributed by atoms with van der Waals surface area (Å²) in [4.78, 5) is 13.6. The Kier molecular flexibility index (Phi) is 5.13. The van der Waals surface area contributed by atoms with Gasteiger partial charge in [-0.2, -0.15) is 12.6 Å². The number of nitrogens with one attached hydrogen (secondary N) is 1. The first-order valence-electron chi connectivity index (χ1n) is 6.20. The Morgan fingerprint density at radius 1 is 1.41 bits per heavy atom. The van der Waals surface area contributed by atoms with Crippen LogP contribution in [0.1, 0.15) is 40.5 Å². The largest absolute Gasteiger partial charge is 0.444 e. The highest BCUT2D eigenvalue weighted by Crippen LogP contribution is 2.15. The van der Waals surface area contributed by atoms with E-state index in [1.54, 1.807) is 4.90 Å². The SMILES string of the molecule is CC(S)NC1CCN(C(=O)OC(C)(C)C)CC1. The molecule has 1 rings (SSSR count). The lowest BCUT2D eigenvalue weighted by atomic mass is 10.1. The zero-order valence-corrected chi connectivity index (χ0v) is 12.1. The molecule has 0 bridgehead atoms. The van der Waals surface area contributed by atoms with Gasteiger partial charge < -0.3 is 15.0 Å². The predicted molar refractivity (Wildman–Crippen MR) is 72.4 cm³/mol. The Morgan fingerprint density at radius 3 is 2.35 bits per heavy atom. The van der Waals surface area contributed by atoms with Gasteiger partial charge in [0.05, 0.1) is 0 Å². The van der Waals surface area contributed by atoms with Crippen molar-refractivity contribution in [3.63, 3.8) is 0 Å². The van der Waals surface area contributed by atoms with Crippen molar-refractivity contribution in [2.24, 2.45) is 0 Å². The van der Waals surface area contributed by atoms with Crippen molar-refractivity contribution in [2.75, 3.05) is 13.1 Å². The fourth-order valence-corrected chi connectivity index (χ4v) is 2.11. The van der Waals surface area contributed by atoms with E-state index in [-0.39, 0.29) is 11.5 Å². The summed E-state index contributed by atoms with van der Waals surface area (Å²) in [6.07, 6.45) is 1.73. The number of hydrogen-bond acceptors (Lipinski definition) is 4. The number of carbonyl (C=O) groups is 1. The van der Waals surface area contributed by atoms with Crippen LogP contribution in [0.2, 0.25) is 0 Å². The average Bonchev–Trinajstić information content (AvgIpc) is 2.15. The lowest BCUT2D eigenvalue weighted by molar-refractivity contribution is 0.0198. The molecule has 0 aliphatic carbocycles. The minimum Gasteiger partial charge on any atom is -0.444 e. The maximum Gasteiger partial charge on any atom is 0.410 e. The Morgan fingerprint density at radius 2 is 1.94 bits per heavy atom. The number of thiol groups is 1. The molecular weight excluding hydrogens is 236 g/mol. The minimum absolute atomic E-state index is 0.199. The van der Waals surface area contributed by atoms with Crippen LogP contribution in [-0.4, -0.2) is 41.1 Å². The molecule has 0 radical (unpaired) electrons. The van der Waals surface area contributed by atoms with Gasteiger partial charge in [-0.05, 0) is 40.5 Å². The molecular formula is C12H24N2O2S. The van der Waals surface area contributed by atoms with Crippen LogP contribution < -0.4 is 5.32 Å². The first kappa shape index (κ1) is 14.6. The number of ether oxygens (including phenoxy) is 1. The second kappa shape index (κ2) is 5.96. The zero-order valence-electron chi connectivity index (χ0n) is 11.2. The maximum atomic E-state index is 11.8. The molecule has 4 nitrogen and oxygen atoms in total. The van der Waals surface area contributed by atoms with E-state index in [9.17, 15) is 4.79 Å². The van der Waals surface area contributed by atoms with Gasteiger partial charge in [-0.15, -0.1) is 0 Å². The lowest BCUT2D eigenvalue weighted by Crippen LogP contribution is -2.47. The molecule has 0 aromatic heterocycles. The molecule has 1 aliphatic heterocycles. The fraction of sp³-hybridized carbons (Fsp3) is 0.917. The summed E-state index contributed by atoms with van der Waals surface area (Å²) in [5, 5.41) is 3.58. The number of nitrogens with zero attached hydrogens (tertiary/aromatic N) is 1. The van der Waals surface area contributed by atoms with Gasteiger partial charge in [0.15, 0.2) is 0 Å². The Bertz CT molecular complexity index is 256. The van der Waals surface area contributed by atoms with Crippen molar-refractivity contribution in [1.29, 1.82) is 0 Å². The molecule has 17 heavy (non-hydrogen) atoms. The van der Waals surface area contributed by atoms with Gasteiger partial charge >= 0.3 is 6.09 Å². The molecule has 1 aliphatic rings. The molecule has 0 saturated carbocycles. The third-order valence-electron chi connectivity index (χ3n) is 2.62. The third kappa shape index (κ3) is 5.64. The Labute approximate surface area is 109 Å². The van der Waals surface area contributed by atoms with Crippen molar-refractivity contribution >= 4 is 18.7 Å². The highest BCUT2D eigenvalue weighted by molar-refractivity contribution is 7.80. The molecule has 0 aromatic rings. The molecule has 1 unspecified atom stereocenters. The number of hydrogen-bond donors (Lipinski definition) is 2. The van der Waals surface area contributed by atoms with E-state index in [1.807, 2.05) is 27.7 Å². The van der Waals surface area contributed by atoms with Crippen LogP contribution in [0.15, 0.2) is 0 Å². The van der Waals surface area contributed by atoms with Crippen LogP contribution in [0.5, 0.6) is 0 Å². The number of piperidine rings is 1. The highest BCUT2D eigenvalue weighted by Gasteiger charge is 2.26. The monoisotopic (exact) mass is 260 g/mol. The van der Waals surface area contributed by atoms with E-state index in [4.69, 9.17) is 4.74 Å². The number of rotatable bonds is 2. The van der Waals surface area contributed by atoms with Crippen molar-refractivity contribution in [3.05, 3.63) is 0 Å². The van der Waals surface area contributed by atoms with Gasteiger partial charge in [0.2, 0.25) is 0 Å². The Balaban J connectivity index is 2.34. The summed E-state index contributed by atoms with van der Waals surface area (Å²) >= 11 is 4.31. The molecule has 100 valence electrons. The van der Waals surface area contributed by atoms with E-state index in [0.717, 1.165) is 25.9 Å². The van der Waals surface area contributed by atoms with Crippen LogP contribution in [0.3, 0.4) is 0 Å². The average molecular weight is 260 g/mol. The molecule has 5 heteroatoms. The quantitative estimate of drug-likeness (QED) is 0.591. The molecule has 1 fully saturated rings. The molecule has 1 amide bonds. The number of carbonyl (C=O) groups excluding carboxylic acids is 1. The van der Waals surface area contributed by atoms with Gasteiger partial charge in [0, 0.05) is 24.5 Å². The number of amides is 1. The lowest BCUT2D eigenvalue weighted by Gasteiger charge is -2.34. The van der Waals surface area contributed by atoms with Crippen molar-refractivity contribution in [2.45, 2.75) is 57.6 Å². The summed E-state index contributed by atoms with van der Waals surface area (Å²) in [6.45, 7) is 9.20. The van der Waals surface area contributed by atoms with E-state index < -0.39 is 5.60 Å². The summed E-state index contributed by atoms with van der Waals surface area (Å²) < 4.78 is 5.35. The maximum absolute atomic E-state index is 11.8. The van der Waals surface area contributed by atoms with Crippen molar-refractivity contribution in [1.82, 2.24) is 10.2 Å². The van der Waals surface area contributed by atoms with Crippen molar-refractivity contribution in [3.8, 4) is 0 Å². The first-order valence-corrected chi connectivity index (χ1v) is 6.71. The van der Waals surface area contributed by atoms with Gasteiger partial charge in [-0.1, -0.05) is 0 Å². The topological polar surface area (TPSA) is 41.6 Å². The van der Waals surface area contributed by atoms with E-state index >= 15 is 0 Å². The highest BCUT2D eigenvalue weighted by atomic mass is 32.1. The first-order chi connectivity index (χ1) is 7.78. The molecule has 1 saturated heterocycles. The van der Waals surface area contributed by atoms with Crippen LogP contribution in [0.4, 0.5) is 4.79 Å².